The van der Waals surface area contributed by atoms with Crippen LogP contribution in [0, 0.1) is 0 Å². The van der Waals surface area contributed by atoms with Crippen LogP contribution in [0.3, 0.4) is 0 Å². The number of hydrogen-bond acceptors (Lipinski definition) is 6. The van der Waals surface area contributed by atoms with Crippen LogP contribution in [-0.4, -0.2) is 46.3 Å². The predicted molar refractivity (Wildman–Crippen MR) is 131 cm³/mol. The van der Waals surface area contributed by atoms with Gasteiger partial charge in [0.05, 0.1) is 22.3 Å². The molecule has 0 aromatic heterocycles. The second-order valence-corrected chi connectivity index (χ2v) is 9.07. The van der Waals surface area contributed by atoms with E-state index in [1.807, 2.05) is 0 Å². The lowest BCUT2D eigenvalue weighted by atomic mass is 9.97. The number of esters is 2. The molecule has 2 fully saturated rings. The number of carboxylic acids is 2. The highest BCUT2D eigenvalue weighted by molar-refractivity contribution is 6.03. The van der Waals surface area contributed by atoms with Gasteiger partial charge < -0.3 is 19.7 Å². The largest absolute Gasteiger partial charge is 0.478 e. The molecule has 0 aliphatic heterocycles. The third-order valence-electron chi connectivity index (χ3n) is 6.38. The summed E-state index contributed by atoms with van der Waals surface area (Å²) in [7, 11) is 0. The number of ether oxygens (including phenoxy) is 2. The van der Waals surface area contributed by atoms with E-state index in [2.05, 4.69) is 0 Å². The molecule has 0 atom stereocenters. The van der Waals surface area contributed by atoms with Gasteiger partial charge in [-0.05, 0) is 81.7 Å². The fourth-order valence-corrected chi connectivity index (χ4v) is 4.42. The molecule has 0 saturated heterocycles. The minimum atomic E-state index is -1.13. The summed E-state index contributed by atoms with van der Waals surface area (Å²) in [6.07, 6.45) is 10.4. The second-order valence-electron chi connectivity index (χ2n) is 9.07. The van der Waals surface area contributed by atoms with E-state index in [0.717, 1.165) is 57.4 Å². The molecular weight excluding hydrogens is 464 g/mol. The van der Waals surface area contributed by atoms with E-state index in [1.165, 1.54) is 31.0 Å². The van der Waals surface area contributed by atoms with Gasteiger partial charge in [0.15, 0.2) is 0 Å². The molecule has 2 saturated carbocycles. The van der Waals surface area contributed by atoms with Gasteiger partial charge in [-0.25, -0.2) is 19.2 Å². The summed E-state index contributed by atoms with van der Waals surface area (Å²) >= 11 is 0. The van der Waals surface area contributed by atoms with Gasteiger partial charge in [0.25, 0.3) is 0 Å². The first-order valence-corrected chi connectivity index (χ1v) is 12.4. The fraction of sp³-hybridized carbons (Fsp3) is 0.429. The minimum absolute atomic E-state index is 0.0186. The van der Waals surface area contributed by atoms with Crippen LogP contribution in [-0.2, 0) is 9.47 Å². The third kappa shape index (κ3) is 7.93. The van der Waals surface area contributed by atoms with Crippen LogP contribution in [0.25, 0.3) is 0 Å². The molecule has 2 aliphatic rings. The Hall–Kier alpha value is -3.68. The van der Waals surface area contributed by atoms with Gasteiger partial charge in [0, 0.05) is 0 Å². The number of carbonyl (C=O) groups is 4. The zero-order valence-corrected chi connectivity index (χ0v) is 20.2. The lowest BCUT2D eigenvalue weighted by Crippen LogP contribution is -2.24. The van der Waals surface area contributed by atoms with Crippen molar-refractivity contribution in [1.29, 1.82) is 0 Å². The second kappa shape index (κ2) is 13.4. The maximum Gasteiger partial charge on any atom is 0.339 e. The Kier molecular flexibility index (Phi) is 10.0. The molecule has 2 aromatic rings. The van der Waals surface area contributed by atoms with Crippen LogP contribution in [0.1, 0.15) is 106 Å². The molecule has 0 bridgehead atoms. The Balaban J connectivity index is 0.000000253. The summed E-state index contributed by atoms with van der Waals surface area (Å²) in [4.78, 5) is 45.8. The van der Waals surface area contributed by atoms with Crippen LogP contribution in [0.4, 0.5) is 0 Å². The van der Waals surface area contributed by atoms with Crippen molar-refractivity contribution in [2.75, 3.05) is 0 Å². The highest BCUT2D eigenvalue weighted by Gasteiger charge is 2.25. The van der Waals surface area contributed by atoms with Crippen molar-refractivity contribution in [3.8, 4) is 0 Å². The number of benzene rings is 2. The van der Waals surface area contributed by atoms with Crippen molar-refractivity contribution < 1.29 is 38.9 Å². The summed E-state index contributed by atoms with van der Waals surface area (Å²) < 4.78 is 11.2. The molecule has 0 heterocycles. The predicted octanol–water partition coefficient (Wildman–Crippen LogP) is 5.75. The first kappa shape index (κ1) is 26.9. The van der Waals surface area contributed by atoms with Gasteiger partial charge in [0.2, 0.25) is 0 Å². The zero-order valence-electron chi connectivity index (χ0n) is 20.2. The van der Waals surface area contributed by atoms with Crippen LogP contribution < -0.4 is 0 Å². The average Bonchev–Trinajstić information content (AvgIpc) is 2.90. The number of carboxylic acid groups (broad SMARTS) is 2. The van der Waals surface area contributed by atoms with Gasteiger partial charge in [-0.15, -0.1) is 0 Å². The maximum atomic E-state index is 12.5. The van der Waals surface area contributed by atoms with Crippen LogP contribution in [0.15, 0.2) is 48.5 Å². The van der Waals surface area contributed by atoms with Crippen LogP contribution in [0.2, 0.25) is 0 Å². The molecule has 36 heavy (non-hydrogen) atoms. The van der Waals surface area contributed by atoms with Crippen molar-refractivity contribution in [1.82, 2.24) is 0 Å². The highest BCUT2D eigenvalue weighted by atomic mass is 16.6. The molecule has 2 aromatic carbocycles. The van der Waals surface area contributed by atoms with Gasteiger partial charge in [-0.1, -0.05) is 31.0 Å². The SMILES string of the molecule is O=C(O)c1cccc(C(=O)O)c1.O=C(OC1CCCCC1)c1ccccc1C(=O)OC1CCCCC1. The van der Waals surface area contributed by atoms with E-state index < -0.39 is 23.9 Å². The first-order chi connectivity index (χ1) is 17.3. The van der Waals surface area contributed by atoms with Crippen molar-refractivity contribution in [3.63, 3.8) is 0 Å². The maximum absolute atomic E-state index is 12.5. The van der Waals surface area contributed by atoms with Gasteiger partial charge >= 0.3 is 23.9 Å². The Morgan fingerprint density at radius 2 is 0.972 bits per heavy atom. The topological polar surface area (TPSA) is 127 Å². The van der Waals surface area contributed by atoms with Crippen LogP contribution >= 0.6 is 0 Å². The fourth-order valence-electron chi connectivity index (χ4n) is 4.42. The third-order valence-corrected chi connectivity index (χ3v) is 6.38. The van der Waals surface area contributed by atoms with Crippen molar-refractivity contribution in [2.45, 2.75) is 76.4 Å². The van der Waals surface area contributed by atoms with Crippen molar-refractivity contribution >= 4 is 23.9 Å². The quantitative estimate of drug-likeness (QED) is 0.484. The van der Waals surface area contributed by atoms with E-state index in [9.17, 15) is 19.2 Å². The summed E-state index contributed by atoms with van der Waals surface area (Å²) in [5, 5.41) is 17.0. The standard InChI is InChI=1S/C20H26O4.C8H6O4/c21-19(23-15-9-3-1-4-10-15)17-13-7-8-14-18(17)20(22)24-16-11-5-2-6-12-16;9-7(10)5-2-1-3-6(4-5)8(11)12/h7-8,13-16H,1-6,9-12H2;1-4H,(H,9,10)(H,11,12). The normalized spacial score (nSPS) is 16.2. The lowest BCUT2D eigenvalue weighted by Gasteiger charge is -2.23. The monoisotopic (exact) mass is 496 g/mol. The Morgan fingerprint density at radius 3 is 1.33 bits per heavy atom. The molecule has 0 unspecified atom stereocenters. The van der Waals surface area contributed by atoms with Crippen molar-refractivity contribution in [2.24, 2.45) is 0 Å². The minimum Gasteiger partial charge on any atom is -0.478 e. The number of rotatable bonds is 6. The summed E-state index contributed by atoms with van der Waals surface area (Å²) in [5.41, 5.74) is 0.609. The molecule has 2 aliphatic carbocycles. The zero-order chi connectivity index (χ0) is 25.9. The highest BCUT2D eigenvalue weighted by Crippen LogP contribution is 2.24. The smallest absolute Gasteiger partial charge is 0.339 e. The van der Waals surface area contributed by atoms with E-state index in [-0.39, 0.29) is 23.3 Å². The molecule has 2 N–H and O–H groups in total. The first-order valence-electron chi connectivity index (χ1n) is 12.4. The Morgan fingerprint density at radius 1 is 0.583 bits per heavy atom. The number of hydrogen-bond donors (Lipinski definition) is 2. The van der Waals surface area contributed by atoms with Gasteiger partial charge in [0.1, 0.15) is 12.2 Å². The molecular formula is C28H32O8. The summed E-state index contributed by atoms with van der Waals surface area (Å²) in [5.74, 6) is -3.06. The van der Waals surface area contributed by atoms with Gasteiger partial charge in [-0.3, -0.25) is 0 Å². The Bertz CT molecular complexity index is 984. The van der Waals surface area contributed by atoms with E-state index in [0.29, 0.717) is 11.1 Å². The van der Waals surface area contributed by atoms with E-state index >= 15 is 0 Å². The molecule has 0 spiro atoms. The molecule has 8 nitrogen and oxygen atoms in total. The molecule has 0 radical (unpaired) electrons. The van der Waals surface area contributed by atoms with E-state index in [1.54, 1.807) is 24.3 Å². The van der Waals surface area contributed by atoms with Crippen molar-refractivity contribution in [3.05, 3.63) is 70.8 Å². The average molecular weight is 497 g/mol. The number of aromatic carboxylic acids is 2. The molecule has 0 amide bonds. The molecule has 8 heteroatoms. The lowest BCUT2D eigenvalue weighted by molar-refractivity contribution is 0.0164. The van der Waals surface area contributed by atoms with Crippen LogP contribution in [0.5, 0.6) is 0 Å². The Labute approximate surface area is 210 Å². The number of carbonyl (C=O) groups excluding carboxylic acids is 2. The molecule has 4 rings (SSSR count). The summed E-state index contributed by atoms with van der Waals surface area (Å²) in [6, 6.07) is 12.0. The summed E-state index contributed by atoms with van der Waals surface area (Å²) in [6.45, 7) is 0. The van der Waals surface area contributed by atoms with E-state index in [4.69, 9.17) is 19.7 Å². The molecule has 192 valence electrons. The van der Waals surface area contributed by atoms with Gasteiger partial charge in [-0.2, -0.15) is 0 Å².